The van der Waals surface area contributed by atoms with E-state index >= 15 is 4.39 Å². The highest BCUT2D eigenvalue weighted by Crippen LogP contribution is 2.40. The highest BCUT2D eigenvalue weighted by Gasteiger charge is 2.43. The summed E-state index contributed by atoms with van der Waals surface area (Å²) in [5.74, 6) is 0. The molecule has 0 spiro atoms. The van der Waals surface area contributed by atoms with E-state index in [0.717, 1.165) is 29.8 Å². The fourth-order valence-corrected chi connectivity index (χ4v) is 6.83. The van der Waals surface area contributed by atoms with Crippen molar-refractivity contribution in [3.63, 3.8) is 0 Å². The zero-order valence-corrected chi connectivity index (χ0v) is 30.0. The first-order chi connectivity index (χ1) is 25.9. The molecule has 4 aromatic rings. The van der Waals surface area contributed by atoms with Gasteiger partial charge in [0, 0.05) is 73.4 Å². The number of likely N-dealkylation sites (tertiary alicyclic amines) is 2. The van der Waals surface area contributed by atoms with Crippen molar-refractivity contribution in [1.82, 2.24) is 19.8 Å². The first kappa shape index (κ1) is 40.9. The van der Waals surface area contributed by atoms with Crippen LogP contribution in [-0.4, -0.2) is 64.2 Å². The molecule has 16 heteroatoms. The van der Waals surface area contributed by atoms with E-state index in [-0.39, 0.29) is 30.8 Å². The molecular weight excluding hydrogens is 736 g/mol. The fraction of sp³-hybridized carbons (Fsp3) is 0.385. The van der Waals surface area contributed by atoms with Crippen molar-refractivity contribution in [2.45, 2.75) is 69.0 Å². The van der Waals surface area contributed by atoms with Crippen molar-refractivity contribution in [3.05, 3.63) is 119 Å². The molecule has 0 bridgehead atoms. The normalized spacial score (nSPS) is 19.9. The number of amides is 4. The lowest BCUT2D eigenvalue weighted by molar-refractivity contribution is -0.138. The van der Waals surface area contributed by atoms with Gasteiger partial charge in [-0.3, -0.25) is 14.4 Å². The van der Waals surface area contributed by atoms with Gasteiger partial charge in [-0.1, -0.05) is 12.1 Å². The molecule has 55 heavy (non-hydrogen) atoms. The second-order valence-corrected chi connectivity index (χ2v) is 13.8. The van der Waals surface area contributed by atoms with Gasteiger partial charge in [0.15, 0.2) is 5.67 Å². The van der Waals surface area contributed by atoms with Crippen LogP contribution < -0.4 is 10.6 Å². The highest BCUT2D eigenvalue weighted by molar-refractivity contribution is 5.90. The average molecular weight is 777 g/mol. The third kappa shape index (κ3) is 9.89. The summed E-state index contributed by atoms with van der Waals surface area (Å²) < 4.78 is 105. The molecule has 2 aromatic heterocycles. The smallest absolute Gasteiger partial charge is 0.324 e. The third-order valence-electron chi connectivity index (χ3n) is 9.99. The largest absolute Gasteiger partial charge is 0.416 e. The number of piperidine rings is 2. The maximum Gasteiger partial charge on any atom is 0.416 e. The molecule has 2 unspecified atom stereocenters. The molecule has 2 atom stereocenters. The first-order valence-electron chi connectivity index (χ1n) is 17.5. The van der Waals surface area contributed by atoms with Gasteiger partial charge < -0.3 is 20.4 Å². The molecule has 0 aliphatic carbocycles. The number of hydrogen-bond acceptors (Lipinski definition) is 4. The summed E-state index contributed by atoms with van der Waals surface area (Å²) in [5, 5.41) is 5.17. The highest BCUT2D eigenvalue weighted by atomic mass is 19.4. The van der Waals surface area contributed by atoms with Crippen molar-refractivity contribution in [3.8, 4) is 0 Å². The van der Waals surface area contributed by atoms with Gasteiger partial charge in [0.25, 0.3) is 0 Å². The number of benzene rings is 2. The van der Waals surface area contributed by atoms with Crippen LogP contribution >= 0.6 is 0 Å². The predicted molar refractivity (Wildman–Crippen MR) is 191 cm³/mol. The topological polar surface area (TPSA) is 90.5 Å². The van der Waals surface area contributed by atoms with Crippen LogP contribution in [0.1, 0.15) is 60.7 Å². The summed E-state index contributed by atoms with van der Waals surface area (Å²) in [7, 11) is 0. The summed E-state index contributed by atoms with van der Waals surface area (Å²) in [5.41, 5.74) is -1.52. The van der Waals surface area contributed by atoms with Crippen molar-refractivity contribution >= 4 is 23.4 Å². The molecule has 6 rings (SSSR count). The Morgan fingerprint density at radius 1 is 0.745 bits per heavy atom. The van der Waals surface area contributed by atoms with Gasteiger partial charge in [0.05, 0.1) is 16.8 Å². The van der Waals surface area contributed by atoms with E-state index in [9.17, 15) is 40.3 Å². The van der Waals surface area contributed by atoms with E-state index in [4.69, 9.17) is 0 Å². The molecular formula is C39H40F8N6O2. The monoisotopic (exact) mass is 776 g/mol. The minimum atomic E-state index is -4.43. The van der Waals surface area contributed by atoms with Gasteiger partial charge >= 0.3 is 24.4 Å². The Morgan fingerprint density at radius 2 is 1.29 bits per heavy atom. The number of aromatic nitrogens is 2. The molecule has 0 saturated carbocycles. The van der Waals surface area contributed by atoms with Crippen LogP contribution in [0.4, 0.5) is 56.1 Å². The summed E-state index contributed by atoms with van der Waals surface area (Å²) >= 11 is 0. The minimum absolute atomic E-state index is 0.102. The van der Waals surface area contributed by atoms with Gasteiger partial charge in [-0.2, -0.15) is 26.3 Å². The van der Waals surface area contributed by atoms with E-state index < -0.39 is 59.3 Å². The van der Waals surface area contributed by atoms with Crippen LogP contribution in [0.25, 0.3) is 0 Å². The van der Waals surface area contributed by atoms with Crippen LogP contribution in [0, 0.1) is 6.92 Å². The molecule has 4 amide bonds. The lowest BCUT2D eigenvalue weighted by atomic mass is 9.76. The van der Waals surface area contributed by atoms with Gasteiger partial charge in [0.2, 0.25) is 0 Å². The average Bonchev–Trinajstić information content (AvgIpc) is 3.15. The summed E-state index contributed by atoms with van der Waals surface area (Å²) in [6.45, 7) is 3.86. The second-order valence-electron chi connectivity index (χ2n) is 13.8. The number of nitrogens with zero attached hydrogens (tertiary/aromatic N) is 4. The number of alkyl halides is 8. The SMILES string of the molecule is Cc1cccnc1C1(F)CCN(C(=O)Nc2ccc(C(F)(F)F)cc2)C(C)C1.O=C(Nc1ccc(C(F)(F)F)cc1)N1CCC(CF)(c2ccccn2)CC1. The number of hydrogen-bond donors (Lipinski definition) is 2. The van der Waals surface area contributed by atoms with Crippen molar-refractivity contribution in [1.29, 1.82) is 0 Å². The Bertz CT molecular complexity index is 1900. The number of aryl methyl sites for hydroxylation is 1. The van der Waals surface area contributed by atoms with Crippen LogP contribution in [0.5, 0.6) is 0 Å². The van der Waals surface area contributed by atoms with Crippen LogP contribution in [-0.2, 0) is 23.4 Å². The number of carbonyl (C=O) groups excluding carboxylic acids is 2. The number of carbonyl (C=O) groups is 2. The molecule has 8 nitrogen and oxygen atoms in total. The molecule has 2 N–H and O–H groups in total. The summed E-state index contributed by atoms with van der Waals surface area (Å²) in [6.07, 6.45) is -4.61. The van der Waals surface area contributed by atoms with Crippen molar-refractivity contribution < 1.29 is 44.7 Å². The quantitative estimate of drug-likeness (QED) is 0.198. The number of nitrogens with one attached hydrogen (secondary N) is 2. The second kappa shape index (κ2) is 16.6. The van der Waals surface area contributed by atoms with Gasteiger partial charge in [-0.15, -0.1) is 0 Å². The first-order valence-corrected chi connectivity index (χ1v) is 17.5. The maximum atomic E-state index is 15.5. The zero-order chi connectivity index (χ0) is 40.0. The van der Waals surface area contributed by atoms with Crippen LogP contribution in [0.15, 0.2) is 91.3 Å². The molecule has 2 saturated heterocycles. The number of pyridine rings is 2. The van der Waals surface area contributed by atoms with E-state index in [2.05, 4.69) is 20.6 Å². The summed E-state index contributed by atoms with van der Waals surface area (Å²) in [4.78, 5) is 36.4. The lowest BCUT2D eigenvalue weighted by Crippen LogP contribution is -2.50. The standard InChI is InChI=1S/C20H21F4N3O.C19H19F4N3O/c1-13-4-3-10-25-17(13)19(21)9-11-27(14(2)12-19)18(28)26-16-7-5-15(6-8-16)20(22,23)24;20-13-18(16-3-1-2-10-24-16)8-11-26(12-9-18)17(27)25-15-6-4-14(5-7-15)19(21,22)23/h3-8,10,14H,9,11-12H2,1-2H3,(H,26,28);1-7,10H,8-9,11-13H2,(H,25,27). The van der Waals surface area contributed by atoms with E-state index in [1.165, 1.54) is 34.1 Å². The third-order valence-corrected chi connectivity index (χ3v) is 9.99. The number of rotatable bonds is 5. The van der Waals surface area contributed by atoms with Crippen LogP contribution in [0.3, 0.4) is 0 Å². The number of anilines is 2. The molecule has 2 fully saturated rings. The lowest BCUT2D eigenvalue weighted by Gasteiger charge is -2.41. The number of halogens is 8. The van der Waals surface area contributed by atoms with Gasteiger partial charge in [0.1, 0.15) is 6.67 Å². The van der Waals surface area contributed by atoms with Crippen molar-refractivity contribution in [2.75, 3.05) is 36.9 Å². The molecule has 2 aliphatic heterocycles. The summed E-state index contributed by atoms with van der Waals surface area (Å²) in [6, 6.07) is 16.1. The van der Waals surface area contributed by atoms with Crippen molar-refractivity contribution in [2.24, 2.45) is 0 Å². The fourth-order valence-electron chi connectivity index (χ4n) is 6.83. The Morgan fingerprint density at radius 3 is 1.76 bits per heavy atom. The Balaban J connectivity index is 0.000000211. The van der Waals surface area contributed by atoms with Crippen LogP contribution in [0.2, 0.25) is 0 Å². The Kier molecular flexibility index (Phi) is 12.4. The molecule has 2 aliphatic rings. The Hall–Kier alpha value is -5.28. The van der Waals surface area contributed by atoms with Gasteiger partial charge in [-0.25, -0.2) is 14.0 Å². The van der Waals surface area contributed by atoms with E-state index in [1.54, 1.807) is 50.5 Å². The minimum Gasteiger partial charge on any atom is -0.324 e. The predicted octanol–water partition coefficient (Wildman–Crippen LogP) is 9.93. The maximum absolute atomic E-state index is 15.5. The number of urea groups is 2. The van der Waals surface area contributed by atoms with E-state index in [1.807, 2.05) is 6.07 Å². The molecule has 294 valence electrons. The molecule has 2 aromatic carbocycles. The van der Waals surface area contributed by atoms with Gasteiger partial charge in [-0.05, 0) is 99.0 Å². The zero-order valence-electron chi connectivity index (χ0n) is 30.0. The molecule has 0 radical (unpaired) electrons. The Labute approximate surface area is 313 Å². The molecule has 4 heterocycles. The van der Waals surface area contributed by atoms with E-state index in [0.29, 0.717) is 37.3 Å².